The Labute approximate surface area is 114 Å². The molecule has 2 N–H and O–H groups in total. The Kier molecular flexibility index (Phi) is 4.03. The van der Waals surface area contributed by atoms with Gasteiger partial charge in [0.25, 0.3) is 0 Å². The molecule has 0 saturated heterocycles. The second-order valence-corrected chi connectivity index (χ2v) is 7.10. The van der Waals surface area contributed by atoms with Gasteiger partial charge in [-0.3, -0.25) is 0 Å². The maximum atomic E-state index is 12.4. The Morgan fingerprint density at radius 2 is 1.89 bits per heavy atom. The number of sulfonamides is 1. The fraction of sp³-hybridized carbons (Fsp3) is 0.692. The quantitative estimate of drug-likeness (QED) is 0.837. The molecule has 5 nitrogen and oxygen atoms in total. The standard InChI is InChI=1S/C13H22N2O3S/c1-8(2)15-19(16,17)13-10(4)18-9(3)12(13)7-14-11-5-6-11/h8,11,14-15H,5-7H2,1-4H3. The SMILES string of the molecule is Cc1oc(C)c(S(=O)(=O)NC(C)C)c1CNC1CC1. The first-order chi connectivity index (χ1) is 8.81. The molecule has 1 heterocycles. The molecule has 1 saturated carbocycles. The van der Waals surface area contributed by atoms with Crippen molar-refractivity contribution in [3.8, 4) is 0 Å². The maximum absolute atomic E-state index is 12.4. The Hall–Kier alpha value is -0.850. The highest BCUT2D eigenvalue weighted by Gasteiger charge is 2.28. The van der Waals surface area contributed by atoms with Crippen molar-refractivity contribution in [3.05, 3.63) is 17.1 Å². The molecule has 0 amide bonds. The lowest BCUT2D eigenvalue weighted by atomic mass is 10.2. The van der Waals surface area contributed by atoms with Gasteiger partial charge in [-0.05, 0) is 40.5 Å². The van der Waals surface area contributed by atoms with E-state index in [1.807, 2.05) is 20.8 Å². The van der Waals surface area contributed by atoms with Crippen LogP contribution in [-0.4, -0.2) is 20.5 Å². The summed E-state index contributed by atoms with van der Waals surface area (Å²) in [4.78, 5) is 0.298. The lowest BCUT2D eigenvalue weighted by Crippen LogP contribution is -2.31. The molecule has 6 heteroatoms. The van der Waals surface area contributed by atoms with Crippen LogP contribution in [0, 0.1) is 13.8 Å². The summed E-state index contributed by atoms with van der Waals surface area (Å²) >= 11 is 0. The van der Waals surface area contributed by atoms with Gasteiger partial charge in [0.1, 0.15) is 16.4 Å². The Bertz CT molecular complexity index is 557. The van der Waals surface area contributed by atoms with Gasteiger partial charge in [-0.1, -0.05) is 0 Å². The van der Waals surface area contributed by atoms with E-state index in [0.717, 1.165) is 5.56 Å². The highest BCUT2D eigenvalue weighted by molar-refractivity contribution is 7.89. The van der Waals surface area contributed by atoms with Crippen LogP contribution >= 0.6 is 0 Å². The summed E-state index contributed by atoms with van der Waals surface area (Å²) < 4.78 is 32.8. The largest absolute Gasteiger partial charge is 0.465 e. The van der Waals surface area contributed by atoms with Gasteiger partial charge in [-0.25, -0.2) is 13.1 Å². The average molecular weight is 286 g/mol. The highest BCUT2D eigenvalue weighted by Crippen LogP contribution is 2.28. The number of hydrogen-bond acceptors (Lipinski definition) is 4. The average Bonchev–Trinajstić information content (AvgIpc) is 3.00. The molecule has 19 heavy (non-hydrogen) atoms. The Morgan fingerprint density at radius 3 is 2.42 bits per heavy atom. The molecule has 0 spiro atoms. The molecule has 2 rings (SSSR count). The van der Waals surface area contributed by atoms with Gasteiger partial charge in [0.05, 0.1) is 0 Å². The van der Waals surface area contributed by atoms with Gasteiger partial charge < -0.3 is 9.73 Å². The Balaban J connectivity index is 2.31. The normalized spacial score (nSPS) is 16.3. The zero-order valence-electron chi connectivity index (χ0n) is 11.9. The molecule has 0 unspecified atom stereocenters. The van der Waals surface area contributed by atoms with Crippen molar-refractivity contribution in [3.63, 3.8) is 0 Å². The lowest BCUT2D eigenvalue weighted by Gasteiger charge is -2.11. The first-order valence-electron chi connectivity index (χ1n) is 6.66. The summed E-state index contributed by atoms with van der Waals surface area (Å²) in [6, 6.07) is 0.395. The highest BCUT2D eigenvalue weighted by atomic mass is 32.2. The van der Waals surface area contributed by atoms with Crippen LogP contribution in [0.4, 0.5) is 0 Å². The van der Waals surface area contributed by atoms with Crippen LogP contribution in [0.15, 0.2) is 9.31 Å². The summed E-state index contributed by atoms with van der Waals surface area (Å²) in [5.41, 5.74) is 0.748. The third-order valence-corrected chi connectivity index (χ3v) is 4.98. The van der Waals surface area contributed by atoms with Gasteiger partial charge >= 0.3 is 0 Å². The third-order valence-electron chi connectivity index (χ3n) is 3.13. The number of nitrogens with one attached hydrogen (secondary N) is 2. The van der Waals surface area contributed by atoms with E-state index in [1.165, 1.54) is 12.8 Å². The van der Waals surface area contributed by atoms with Gasteiger partial charge in [0, 0.05) is 24.2 Å². The Morgan fingerprint density at radius 1 is 1.26 bits per heavy atom. The van der Waals surface area contributed by atoms with Crippen LogP contribution in [0.2, 0.25) is 0 Å². The smallest absolute Gasteiger partial charge is 0.244 e. The zero-order chi connectivity index (χ0) is 14.2. The van der Waals surface area contributed by atoms with Crippen molar-refractivity contribution in [2.24, 2.45) is 0 Å². The second kappa shape index (κ2) is 5.26. The molecule has 0 bridgehead atoms. The van der Waals surface area contributed by atoms with Crippen molar-refractivity contribution >= 4 is 10.0 Å². The van der Waals surface area contributed by atoms with Crippen molar-refractivity contribution < 1.29 is 12.8 Å². The van der Waals surface area contributed by atoms with Crippen LogP contribution < -0.4 is 10.0 Å². The van der Waals surface area contributed by atoms with E-state index in [4.69, 9.17) is 4.42 Å². The molecular weight excluding hydrogens is 264 g/mol. The van der Waals surface area contributed by atoms with Crippen LogP contribution in [0.1, 0.15) is 43.8 Å². The fourth-order valence-corrected chi connectivity index (χ4v) is 3.87. The summed E-state index contributed by atoms with van der Waals surface area (Å²) in [5, 5.41) is 3.34. The van der Waals surface area contributed by atoms with Gasteiger partial charge in [0.15, 0.2) is 0 Å². The number of rotatable bonds is 6. The van der Waals surface area contributed by atoms with E-state index in [1.54, 1.807) is 6.92 Å². The van der Waals surface area contributed by atoms with Crippen LogP contribution in [0.5, 0.6) is 0 Å². The summed E-state index contributed by atoms with van der Waals surface area (Å²) in [7, 11) is -3.51. The third kappa shape index (κ3) is 3.38. The molecule has 0 radical (unpaired) electrons. The summed E-state index contributed by atoms with van der Waals surface area (Å²) in [5.74, 6) is 1.13. The minimum Gasteiger partial charge on any atom is -0.465 e. The van der Waals surface area contributed by atoms with E-state index in [-0.39, 0.29) is 6.04 Å². The molecule has 0 aliphatic heterocycles. The number of furan rings is 1. The monoisotopic (exact) mass is 286 g/mol. The van der Waals surface area contributed by atoms with E-state index >= 15 is 0 Å². The predicted molar refractivity (Wildman–Crippen MR) is 73.5 cm³/mol. The molecule has 108 valence electrons. The lowest BCUT2D eigenvalue weighted by molar-refractivity contribution is 0.492. The molecule has 1 aromatic rings. The minimum atomic E-state index is -3.51. The minimum absolute atomic E-state index is 0.135. The van der Waals surface area contributed by atoms with Crippen LogP contribution in [0.3, 0.4) is 0 Å². The first-order valence-corrected chi connectivity index (χ1v) is 8.14. The molecular formula is C13H22N2O3S. The molecule has 0 atom stereocenters. The van der Waals surface area contributed by atoms with Crippen LogP contribution in [0.25, 0.3) is 0 Å². The van der Waals surface area contributed by atoms with Crippen LogP contribution in [-0.2, 0) is 16.6 Å². The zero-order valence-corrected chi connectivity index (χ0v) is 12.7. The molecule has 0 aromatic carbocycles. The fourth-order valence-electron chi connectivity index (χ4n) is 2.17. The van der Waals surface area contributed by atoms with Crippen molar-refractivity contribution in [2.45, 2.75) is 64.1 Å². The molecule has 1 aliphatic rings. The maximum Gasteiger partial charge on any atom is 0.244 e. The van der Waals surface area contributed by atoms with Crippen molar-refractivity contribution in [1.29, 1.82) is 0 Å². The number of hydrogen-bond donors (Lipinski definition) is 2. The summed E-state index contributed by atoms with van der Waals surface area (Å²) in [6.45, 7) is 7.67. The molecule has 1 fully saturated rings. The number of aryl methyl sites for hydroxylation is 2. The van der Waals surface area contributed by atoms with E-state index in [2.05, 4.69) is 10.0 Å². The van der Waals surface area contributed by atoms with Gasteiger partial charge in [0.2, 0.25) is 10.0 Å². The molecule has 1 aliphatic carbocycles. The topological polar surface area (TPSA) is 71.3 Å². The first kappa shape index (κ1) is 14.6. The second-order valence-electron chi connectivity index (χ2n) is 5.45. The van der Waals surface area contributed by atoms with E-state index in [9.17, 15) is 8.42 Å². The van der Waals surface area contributed by atoms with Gasteiger partial charge in [-0.2, -0.15) is 0 Å². The van der Waals surface area contributed by atoms with E-state index < -0.39 is 10.0 Å². The molecule has 1 aromatic heterocycles. The van der Waals surface area contributed by atoms with E-state index in [0.29, 0.717) is 29.0 Å². The summed E-state index contributed by atoms with van der Waals surface area (Å²) in [6.07, 6.45) is 2.34. The van der Waals surface area contributed by atoms with Crippen molar-refractivity contribution in [1.82, 2.24) is 10.0 Å². The predicted octanol–water partition coefficient (Wildman–Crippen LogP) is 1.84. The van der Waals surface area contributed by atoms with Gasteiger partial charge in [-0.15, -0.1) is 0 Å². The van der Waals surface area contributed by atoms with Crippen molar-refractivity contribution in [2.75, 3.05) is 0 Å².